The van der Waals surface area contributed by atoms with E-state index in [4.69, 9.17) is 14.2 Å². The summed E-state index contributed by atoms with van der Waals surface area (Å²) in [4.78, 5) is 0. The van der Waals surface area contributed by atoms with E-state index >= 15 is 0 Å². The average molecular weight is 503 g/mol. The summed E-state index contributed by atoms with van der Waals surface area (Å²) in [6, 6.07) is 12.3. The first-order valence-electron chi connectivity index (χ1n) is 12.3. The fourth-order valence-electron chi connectivity index (χ4n) is 4.72. The first-order chi connectivity index (χ1) is 17.4. The van der Waals surface area contributed by atoms with Crippen molar-refractivity contribution in [1.82, 2.24) is 0 Å². The van der Waals surface area contributed by atoms with E-state index in [0.29, 0.717) is 23.5 Å². The summed E-state index contributed by atoms with van der Waals surface area (Å²) in [5, 5.41) is 0. The van der Waals surface area contributed by atoms with Gasteiger partial charge in [0.2, 0.25) is 5.82 Å². The Morgan fingerprint density at radius 2 is 1.42 bits per heavy atom. The van der Waals surface area contributed by atoms with Crippen molar-refractivity contribution in [3.8, 4) is 22.6 Å². The predicted molar refractivity (Wildman–Crippen MR) is 130 cm³/mol. The summed E-state index contributed by atoms with van der Waals surface area (Å²) in [6.07, 6.45) is 3.41. The lowest BCUT2D eigenvalue weighted by Crippen LogP contribution is -2.21. The Labute approximate surface area is 209 Å². The molecule has 1 fully saturated rings. The van der Waals surface area contributed by atoms with Crippen molar-refractivity contribution in [2.75, 3.05) is 13.2 Å². The van der Waals surface area contributed by atoms with Gasteiger partial charge in [-0.2, -0.15) is 4.39 Å². The molecule has 1 aliphatic carbocycles. The lowest BCUT2D eigenvalue weighted by atomic mass is 9.82. The second kappa shape index (κ2) is 11.8. The van der Waals surface area contributed by atoms with Gasteiger partial charge in [-0.1, -0.05) is 24.3 Å². The van der Waals surface area contributed by atoms with Crippen LogP contribution in [0, 0.1) is 23.3 Å². The first kappa shape index (κ1) is 26.0. The van der Waals surface area contributed by atoms with Gasteiger partial charge in [-0.3, -0.25) is 0 Å². The third-order valence-corrected chi connectivity index (χ3v) is 6.61. The van der Waals surface area contributed by atoms with Crippen molar-refractivity contribution in [3.05, 3.63) is 82.9 Å². The minimum atomic E-state index is -1.04. The molecule has 0 amide bonds. The van der Waals surface area contributed by atoms with Crippen LogP contribution in [0.3, 0.4) is 0 Å². The molecule has 36 heavy (non-hydrogen) atoms. The topological polar surface area (TPSA) is 27.7 Å². The molecule has 3 aromatic carbocycles. The second-order valence-electron chi connectivity index (χ2n) is 8.86. The van der Waals surface area contributed by atoms with Crippen molar-refractivity contribution < 1.29 is 31.8 Å². The number of ether oxygens (including phenoxy) is 3. The standard InChI is InChI=1S/C29H30F4O3/c1-3-34-21-10-5-18(6-11-21)23-14-9-20(26(30)27(23)31)17-36-22-12-7-19(8-13-22)24-15-16-25(35-4-2)29(33)28(24)32/h7-9,12-16,18,21H,3-6,10-11,17H2,1-2H3. The van der Waals surface area contributed by atoms with E-state index in [1.165, 1.54) is 12.1 Å². The van der Waals surface area contributed by atoms with Gasteiger partial charge in [0.15, 0.2) is 23.2 Å². The van der Waals surface area contributed by atoms with Crippen LogP contribution in [-0.4, -0.2) is 19.3 Å². The van der Waals surface area contributed by atoms with E-state index in [1.54, 1.807) is 43.3 Å². The van der Waals surface area contributed by atoms with E-state index in [0.717, 1.165) is 25.7 Å². The zero-order valence-electron chi connectivity index (χ0n) is 20.5. The Balaban J connectivity index is 1.40. The van der Waals surface area contributed by atoms with Crippen LogP contribution in [0.1, 0.15) is 56.6 Å². The number of rotatable bonds is 9. The molecule has 1 saturated carbocycles. The van der Waals surface area contributed by atoms with Gasteiger partial charge in [-0.25, -0.2) is 13.2 Å². The van der Waals surface area contributed by atoms with Gasteiger partial charge < -0.3 is 14.2 Å². The summed E-state index contributed by atoms with van der Waals surface area (Å²) in [7, 11) is 0. The van der Waals surface area contributed by atoms with Gasteiger partial charge in [-0.05, 0) is 80.8 Å². The average Bonchev–Trinajstić information content (AvgIpc) is 2.89. The number of benzene rings is 3. The SMILES string of the molecule is CCOc1ccc(-c2ccc(OCc3ccc(C4CCC(OCC)CC4)c(F)c3F)cc2)c(F)c1F. The lowest BCUT2D eigenvalue weighted by Gasteiger charge is -2.29. The van der Waals surface area contributed by atoms with E-state index in [1.807, 2.05) is 6.92 Å². The summed E-state index contributed by atoms with van der Waals surface area (Å²) in [5.74, 6) is -3.54. The van der Waals surface area contributed by atoms with Crippen molar-refractivity contribution in [2.24, 2.45) is 0 Å². The quantitative estimate of drug-likeness (QED) is 0.278. The monoisotopic (exact) mass is 502 g/mol. The van der Waals surface area contributed by atoms with Gasteiger partial charge in [0, 0.05) is 17.7 Å². The van der Waals surface area contributed by atoms with Crippen LogP contribution in [0.25, 0.3) is 11.1 Å². The molecular formula is C29H30F4O3. The zero-order valence-corrected chi connectivity index (χ0v) is 20.5. The maximum absolute atomic E-state index is 14.9. The molecule has 0 saturated heterocycles. The molecule has 0 aromatic heterocycles. The number of hydrogen-bond donors (Lipinski definition) is 0. The minimum absolute atomic E-state index is 0.0217. The second-order valence-corrected chi connectivity index (χ2v) is 8.86. The fourth-order valence-corrected chi connectivity index (χ4v) is 4.72. The van der Waals surface area contributed by atoms with Crippen LogP contribution in [0.15, 0.2) is 48.5 Å². The molecule has 0 heterocycles. The van der Waals surface area contributed by atoms with E-state index < -0.39 is 23.3 Å². The predicted octanol–water partition coefficient (Wildman–Crippen LogP) is 7.95. The number of halogens is 4. The Hall–Kier alpha value is -3.06. The van der Waals surface area contributed by atoms with E-state index in [9.17, 15) is 17.6 Å². The molecule has 4 rings (SSSR count). The first-order valence-corrected chi connectivity index (χ1v) is 12.3. The molecule has 0 spiro atoms. The Morgan fingerprint density at radius 3 is 2.08 bits per heavy atom. The highest BCUT2D eigenvalue weighted by Crippen LogP contribution is 2.36. The smallest absolute Gasteiger partial charge is 0.201 e. The molecule has 0 radical (unpaired) electrons. The summed E-state index contributed by atoms with van der Waals surface area (Å²) >= 11 is 0. The van der Waals surface area contributed by atoms with Gasteiger partial charge in [0.25, 0.3) is 0 Å². The van der Waals surface area contributed by atoms with Crippen LogP contribution in [0.2, 0.25) is 0 Å². The van der Waals surface area contributed by atoms with Crippen molar-refractivity contribution in [1.29, 1.82) is 0 Å². The highest BCUT2D eigenvalue weighted by molar-refractivity contribution is 5.66. The number of hydrogen-bond acceptors (Lipinski definition) is 3. The molecule has 0 bridgehead atoms. The molecule has 1 aliphatic rings. The highest BCUT2D eigenvalue weighted by atomic mass is 19.2. The van der Waals surface area contributed by atoms with Gasteiger partial charge in [0.1, 0.15) is 12.4 Å². The lowest BCUT2D eigenvalue weighted by molar-refractivity contribution is 0.0325. The molecule has 3 nitrogen and oxygen atoms in total. The van der Waals surface area contributed by atoms with Gasteiger partial charge in [-0.15, -0.1) is 0 Å². The molecule has 192 valence electrons. The molecule has 0 atom stereocenters. The minimum Gasteiger partial charge on any atom is -0.491 e. The maximum Gasteiger partial charge on any atom is 0.201 e. The third kappa shape index (κ3) is 5.67. The summed E-state index contributed by atoms with van der Waals surface area (Å²) in [5.41, 5.74) is 1.05. The fraction of sp³-hybridized carbons (Fsp3) is 0.379. The molecule has 7 heteroatoms. The Morgan fingerprint density at radius 1 is 0.694 bits per heavy atom. The van der Waals surface area contributed by atoms with Crippen molar-refractivity contribution in [3.63, 3.8) is 0 Å². The van der Waals surface area contributed by atoms with Crippen molar-refractivity contribution in [2.45, 2.75) is 58.2 Å². The molecule has 0 N–H and O–H groups in total. The summed E-state index contributed by atoms with van der Waals surface area (Å²) in [6.45, 7) is 4.37. The van der Waals surface area contributed by atoms with Crippen LogP contribution in [0.4, 0.5) is 17.6 Å². The highest BCUT2D eigenvalue weighted by Gasteiger charge is 2.26. The third-order valence-electron chi connectivity index (χ3n) is 6.61. The Bertz CT molecular complexity index is 1170. The zero-order chi connectivity index (χ0) is 25.7. The molecule has 3 aromatic rings. The van der Waals surface area contributed by atoms with Crippen LogP contribution >= 0.6 is 0 Å². The van der Waals surface area contributed by atoms with Crippen LogP contribution in [0.5, 0.6) is 11.5 Å². The maximum atomic E-state index is 14.9. The van der Waals surface area contributed by atoms with Crippen molar-refractivity contribution >= 4 is 0 Å². The summed E-state index contributed by atoms with van der Waals surface area (Å²) < 4.78 is 74.7. The van der Waals surface area contributed by atoms with E-state index in [-0.39, 0.29) is 42.1 Å². The van der Waals surface area contributed by atoms with Gasteiger partial charge in [0.05, 0.1) is 12.7 Å². The van der Waals surface area contributed by atoms with Crippen LogP contribution in [-0.2, 0) is 11.3 Å². The molecule has 0 unspecified atom stereocenters. The molecular weight excluding hydrogens is 472 g/mol. The van der Waals surface area contributed by atoms with E-state index in [2.05, 4.69) is 0 Å². The largest absolute Gasteiger partial charge is 0.491 e. The van der Waals surface area contributed by atoms with Gasteiger partial charge >= 0.3 is 0 Å². The molecule has 0 aliphatic heterocycles. The Kier molecular flexibility index (Phi) is 8.52. The normalized spacial score (nSPS) is 17.7. The van der Waals surface area contributed by atoms with Crippen LogP contribution < -0.4 is 9.47 Å².